The molecule has 84 valence electrons. The van der Waals surface area contributed by atoms with Gasteiger partial charge in [-0.1, -0.05) is 23.7 Å². The van der Waals surface area contributed by atoms with Crippen molar-refractivity contribution in [2.24, 2.45) is 5.92 Å². The van der Waals surface area contributed by atoms with Crippen molar-refractivity contribution in [3.8, 4) is 0 Å². The summed E-state index contributed by atoms with van der Waals surface area (Å²) in [7, 11) is 1.46. The largest absolute Gasteiger partial charge is 0.469 e. The average Bonchev–Trinajstić information content (AvgIpc) is 2.89. The van der Waals surface area contributed by atoms with Crippen molar-refractivity contribution < 1.29 is 9.53 Å². The lowest BCUT2D eigenvalue weighted by Gasteiger charge is -2.10. The zero-order chi connectivity index (χ0) is 11.3. The summed E-state index contributed by atoms with van der Waals surface area (Å²) in [6.07, 6.45) is 2.95. The predicted molar refractivity (Wildman–Crippen MR) is 61.6 cm³/mol. The maximum absolute atomic E-state index is 11.6. The first kappa shape index (κ1) is 10.2. The summed E-state index contributed by atoms with van der Waals surface area (Å²) in [5, 5.41) is 0.838. The van der Waals surface area contributed by atoms with E-state index in [1.165, 1.54) is 18.2 Å². The first-order valence-electron chi connectivity index (χ1n) is 5.55. The van der Waals surface area contributed by atoms with Gasteiger partial charge in [0.2, 0.25) is 0 Å². The van der Waals surface area contributed by atoms with Crippen LogP contribution in [0.15, 0.2) is 18.2 Å². The molecule has 16 heavy (non-hydrogen) atoms. The molecule has 0 radical (unpaired) electrons. The quantitative estimate of drug-likeness (QED) is 0.701. The minimum Gasteiger partial charge on any atom is -0.469 e. The van der Waals surface area contributed by atoms with Gasteiger partial charge in [-0.05, 0) is 36.5 Å². The van der Waals surface area contributed by atoms with E-state index in [1.54, 1.807) is 0 Å². The lowest BCUT2D eigenvalue weighted by atomic mass is 9.95. The molecule has 3 rings (SSSR count). The molecule has 1 aromatic rings. The van der Waals surface area contributed by atoms with Crippen LogP contribution in [-0.4, -0.2) is 13.1 Å². The lowest BCUT2D eigenvalue weighted by Crippen LogP contribution is -2.13. The van der Waals surface area contributed by atoms with Crippen LogP contribution in [0.1, 0.15) is 24.0 Å². The minimum absolute atomic E-state index is 0.0489. The number of fused-ring (bicyclic) bond motifs is 2. The van der Waals surface area contributed by atoms with Gasteiger partial charge in [-0.25, -0.2) is 0 Å². The Morgan fingerprint density at radius 1 is 1.56 bits per heavy atom. The number of esters is 1. The Labute approximate surface area is 99.6 Å². The number of halogens is 1. The van der Waals surface area contributed by atoms with Gasteiger partial charge in [0.15, 0.2) is 0 Å². The number of carbonyl (C=O) groups excluding carboxylic acids is 1. The number of ether oxygens (including phenoxy) is 1. The monoisotopic (exact) mass is 236 g/mol. The van der Waals surface area contributed by atoms with E-state index in [-0.39, 0.29) is 17.3 Å². The SMILES string of the molecule is COC(=O)C1CC12CCc1c(Cl)cccc12. The van der Waals surface area contributed by atoms with E-state index in [0.717, 1.165) is 24.3 Å². The topological polar surface area (TPSA) is 26.3 Å². The van der Waals surface area contributed by atoms with E-state index >= 15 is 0 Å². The number of hydrogen-bond donors (Lipinski definition) is 0. The molecule has 1 spiro atoms. The Balaban J connectivity index is 2.00. The summed E-state index contributed by atoms with van der Waals surface area (Å²) < 4.78 is 4.83. The second-order valence-electron chi connectivity index (χ2n) is 4.70. The van der Waals surface area contributed by atoms with Crippen LogP contribution in [0.3, 0.4) is 0 Å². The smallest absolute Gasteiger partial charge is 0.309 e. The molecule has 0 bridgehead atoms. The van der Waals surface area contributed by atoms with Crippen LogP contribution < -0.4 is 0 Å². The van der Waals surface area contributed by atoms with Gasteiger partial charge in [-0.3, -0.25) is 4.79 Å². The molecule has 0 aliphatic heterocycles. The highest BCUT2D eigenvalue weighted by Gasteiger charge is 2.62. The van der Waals surface area contributed by atoms with E-state index in [1.807, 2.05) is 12.1 Å². The molecule has 3 heteroatoms. The van der Waals surface area contributed by atoms with E-state index in [4.69, 9.17) is 16.3 Å². The Kier molecular flexibility index (Phi) is 2.05. The summed E-state index contributed by atoms with van der Waals surface area (Å²) in [6.45, 7) is 0. The van der Waals surface area contributed by atoms with Crippen LogP contribution in [-0.2, 0) is 21.4 Å². The van der Waals surface area contributed by atoms with Gasteiger partial charge in [-0.15, -0.1) is 0 Å². The highest BCUT2D eigenvalue weighted by molar-refractivity contribution is 6.31. The first-order valence-corrected chi connectivity index (χ1v) is 5.92. The minimum atomic E-state index is -0.0761. The molecule has 0 aromatic heterocycles. The molecule has 2 nitrogen and oxygen atoms in total. The van der Waals surface area contributed by atoms with E-state index in [9.17, 15) is 4.79 Å². The van der Waals surface area contributed by atoms with Crippen molar-refractivity contribution >= 4 is 17.6 Å². The Morgan fingerprint density at radius 2 is 2.38 bits per heavy atom. The summed E-state index contributed by atoms with van der Waals surface area (Å²) >= 11 is 6.17. The van der Waals surface area contributed by atoms with E-state index in [0.29, 0.717) is 0 Å². The predicted octanol–water partition coefficient (Wildman–Crippen LogP) is 2.72. The van der Waals surface area contributed by atoms with Crippen molar-refractivity contribution in [1.29, 1.82) is 0 Å². The third-order valence-electron chi connectivity index (χ3n) is 4.04. The number of benzene rings is 1. The summed E-state index contributed by atoms with van der Waals surface area (Å²) in [5.41, 5.74) is 2.55. The lowest BCUT2D eigenvalue weighted by molar-refractivity contribution is -0.142. The van der Waals surface area contributed by atoms with Crippen LogP contribution in [0.4, 0.5) is 0 Å². The molecule has 0 heterocycles. The Hall–Kier alpha value is -1.02. The van der Waals surface area contributed by atoms with Gasteiger partial charge >= 0.3 is 5.97 Å². The van der Waals surface area contributed by atoms with Crippen molar-refractivity contribution in [1.82, 2.24) is 0 Å². The molecule has 0 saturated heterocycles. The van der Waals surface area contributed by atoms with Crippen LogP contribution in [0.25, 0.3) is 0 Å². The van der Waals surface area contributed by atoms with Gasteiger partial charge in [0, 0.05) is 10.4 Å². The third kappa shape index (κ3) is 1.17. The fraction of sp³-hybridized carbons (Fsp3) is 0.462. The van der Waals surface area contributed by atoms with Crippen LogP contribution >= 0.6 is 11.6 Å². The zero-order valence-corrected chi connectivity index (χ0v) is 9.88. The average molecular weight is 237 g/mol. The summed E-state index contributed by atoms with van der Waals surface area (Å²) in [5.74, 6) is -0.0231. The molecule has 1 aromatic carbocycles. The van der Waals surface area contributed by atoms with E-state index in [2.05, 4.69) is 6.07 Å². The molecule has 2 aliphatic rings. The van der Waals surface area contributed by atoms with Gasteiger partial charge in [0.25, 0.3) is 0 Å². The second kappa shape index (κ2) is 3.24. The van der Waals surface area contributed by atoms with Crippen molar-refractivity contribution in [3.05, 3.63) is 34.3 Å². The molecule has 2 aliphatic carbocycles. The van der Waals surface area contributed by atoms with Crippen LogP contribution in [0, 0.1) is 5.92 Å². The number of rotatable bonds is 1. The normalized spacial score (nSPS) is 30.2. The molecule has 2 unspecified atom stereocenters. The molecular weight excluding hydrogens is 224 g/mol. The van der Waals surface area contributed by atoms with Crippen LogP contribution in [0.5, 0.6) is 0 Å². The number of hydrogen-bond acceptors (Lipinski definition) is 2. The van der Waals surface area contributed by atoms with Crippen LogP contribution in [0.2, 0.25) is 5.02 Å². The second-order valence-corrected chi connectivity index (χ2v) is 5.11. The maximum Gasteiger partial charge on any atom is 0.309 e. The Morgan fingerprint density at radius 3 is 3.12 bits per heavy atom. The standard InChI is InChI=1S/C13H13ClO2/c1-16-12(15)10-7-13(10)6-5-8-9(13)3-2-4-11(8)14/h2-4,10H,5-7H2,1H3. The number of carbonyl (C=O) groups is 1. The molecule has 2 atom stereocenters. The fourth-order valence-electron chi connectivity index (χ4n) is 3.09. The highest BCUT2D eigenvalue weighted by Crippen LogP contribution is 2.62. The molecule has 0 N–H and O–H groups in total. The molecular formula is C13H13ClO2. The van der Waals surface area contributed by atoms with Gasteiger partial charge in [0.1, 0.15) is 0 Å². The summed E-state index contributed by atoms with van der Waals surface area (Å²) in [4.78, 5) is 11.6. The van der Waals surface area contributed by atoms with E-state index < -0.39 is 0 Å². The fourth-order valence-corrected chi connectivity index (χ4v) is 3.36. The van der Waals surface area contributed by atoms with Crippen molar-refractivity contribution in [3.63, 3.8) is 0 Å². The molecule has 1 fully saturated rings. The van der Waals surface area contributed by atoms with Gasteiger partial charge < -0.3 is 4.74 Å². The number of methoxy groups -OCH3 is 1. The van der Waals surface area contributed by atoms with Gasteiger partial charge in [0.05, 0.1) is 13.0 Å². The zero-order valence-electron chi connectivity index (χ0n) is 9.13. The third-order valence-corrected chi connectivity index (χ3v) is 4.39. The summed E-state index contributed by atoms with van der Waals surface area (Å²) in [6, 6.07) is 6.01. The van der Waals surface area contributed by atoms with Gasteiger partial charge in [-0.2, -0.15) is 0 Å². The Bertz CT molecular complexity index is 469. The maximum atomic E-state index is 11.6. The molecule has 1 saturated carbocycles. The highest BCUT2D eigenvalue weighted by atomic mass is 35.5. The van der Waals surface area contributed by atoms with Crippen molar-refractivity contribution in [2.45, 2.75) is 24.7 Å². The van der Waals surface area contributed by atoms with Crippen molar-refractivity contribution in [2.75, 3.05) is 7.11 Å². The first-order chi connectivity index (χ1) is 7.69. The molecule has 0 amide bonds.